The summed E-state index contributed by atoms with van der Waals surface area (Å²) in [6.45, 7) is 16.7. The SMILES string of the molecule is C=C1CC[C@H]2[C@H]3C=C(CCCO[Si](c4ccccc4)(c4ccccc4)C(C)(C)C)C(=O)[C@H]3[C@@H]1C2(C)C. The maximum absolute atomic E-state index is 13.6. The number of Topliss-reactive ketones (excluding diaryl/α,β-unsaturated/α-hetero) is 1. The Kier molecular flexibility index (Phi) is 6.54. The minimum Gasteiger partial charge on any atom is -0.407 e. The second kappa shape index (κ2) is 9.26. The molecule has 0 aliphatic heterocycles. The number of fused-ring (bicyclic) bond motifs is 5. The molecule has 2 fully saturated rings. The summed E-state index contributed by atoms with van der Waals surface area (Å²) >= 11 is 0. The summed E-state index contributed by atoms with van der Waals surface area (Å²) in [5.41, 5.74) is 2.55. The highest BCUT2D eigenvalue weighted by Crippen LogP contribution is 2.65. The molecule has 3 aliphatic rings. The Morgan fingerprint density at radius 1 is 1.00 bits per heavy atom. The van der Waals surface area contributed by atoms with Gasteiger partial charge in [-0.25, -0.2) is 0 Å². The fraction of sp³-hybridized carbons (Fsp3) is 0.485. The monoisotopic (exact) mass is 498 g/mol. The van der Waals surface area contributed by atoms with Gasteiger partial charge in [0.25, 0.3) is 8.32 Å². The van der Waals surface area contributed by atoms with Gasteiger partial charge in [0, 0.05) is 12.5 Å². The van der Waals surface area contributed by atoms with E-state index in [1.54, 1.807) is 0 Å². The van der Waals surface area contributed by atoms with E-state index in [0.29, 0.717) is 30.1 Å². The zero-order valence-electron chi connectivity index (χ0n) is 22.7. The van der Waals surface area contributed by atoms with Gasteiger partial charge in [-0.3, -0.25) is 4.79 Å². The lowest BCUT2D eigenvalue weighted by Crippen LogP contribution is -2.66. The van der Waals surface area contributed by atoms with Crippen molar-refractivity contribution in [3.63, 3.8) is 0 Å². The Morgan fingerprint density at radius 2 is 1.58 bits per heavy atom. The van der Waals surface area contributed by atoms with Crippen molar-refractivity contribution < 1.29 is 9.22 Å². The first-order valence-corrected chi connectivity index (χ1v) is 15.7. The first kappa shape index (κ1) is 25.4. The predicted molar refractivity (Wildman–Crippen MR) is 152 cm³/mol. The Bertz CT molecular complexity index is 1120. The van der Waals surface area contributed by atoms with E-state index in [1.165, 1.54) is 22.4 Å². The van der Waals surface area contributed by atoms with Crippen molar-refractivity contribution in [3.05, 3.63) is 84.5 Å². The number of hydrogen-bond donors (Lipinski definition) is 0. The molecule has 0 spiro atoms. The maximum atomic E-state index is 13.6. The third-order valence-corrected chi connectivity index (χ3v) is 14.6. The molecule has 0 unspecified atom stereocenters. The summed E-state index contributed by atoms with van der Waals surface area (Å²) < 4.78 is 7.07. The number of benzene rings is 2. The first-order chi connectivity index (χ1) is 17.1. The average molecular weight is 499 g/mol. The van der Waals surface area contributed by atoms with Crippen LogP contribution in [0, 0.1) is 29.1 Å². The molecule has 36 heavy (non-hydrogen) atoms. The van der Waals surface area contributed by atoms with E-state index >= 15 is 0 Å². The summed E-state index contributed by atoms with van der Waals surface area (Å²) in [5.74, 6) is 1.88. The Balaban J connectivity index is 1.35. The average Bonchev–Trinajstić information content (AvgIpc) is 3.19. The van der Waals surface area contributed by atoms with Crippen molar-refractivity contribution in [3.8, 4) is 0 Å². The molecule has 5 rings (SSSR count). The first-order valence-electron chi connectivity index (χ1n) is 13.8. The van der Waals surface area contributed by atoms with Crippen LogP contribution in [0.3, 0.4) is 0 Å². The van der Waals surface area contributed by atoms with Gasteiger partial charge in [-0.1, -0.05) is 114 Å². The molecule has 0 N–H and O–H groups in total. The standard InChI is InChI=1S/C33H42O2Si/c1-23-19-20-28-27-22-24(31(34)29(27)30(23)33(28,5)6)14-13-21-35-36(32(2,3)4,25-15-9-7-10-16-25)26-17-11-8-12-18-26/h7-12,15-18,22,27-30H,1,13-14,19-21H2,2-6H3/t27-,28+,29-,30-/m1/s1. The molecule has 2 aromatic rings. The van der Waals surface area contributed by atoms with Crippen LogP contribution in [0.5, 0.6) is 0 Å². The molecule has 0 amide bonds. The van der Waals surface area contributed by atoms with Crippen molar-refractivity contribution >= 4 is 24.5 Å². The molecule has 2 saturated carbocycles. The van der Waals surface area contributed by atoms with Crippen molar-refractivity contribution in [2.45, 2.75) is 65.3 Å². The minimum atomic E-state index is -2.53. The summed E-state index contributed by atoms with van der Waals surface area (Å²) in [4.78, 5) is 13.6. The second-order valence-corrected chi connectivity index (χ2v) is 17.2. The van der Waals surface area contributed by atoms with Crippen molar-refractivity contribution in [2.24, 2.45) is 29.1 Å². The van der Waals surface area contributed by atoms with Gasteiger partial charge in [0.1, 0.15) is 0 Å². The molecule has 0 aromatic heterocycles. The Morgan fingerprint density at radius 3 is 2.14 bits per heavy atom. The van der Waals surface area contributed by atoms with E-state index in [9.17, 15) is 4.79 Å². The fourth-order valence-corrected chi connectivity index (χ4v) is 12.6. The molecule has 2 aromatic carbocycles. The van der Waals surface area contributed by atoms with Gasteiger partial charge in [-0.15, -0.1) is 0 Å². The van der Waals surface area contributed by atoms with Crippen molar-refractivity contribution in [2.75, 3.05) is 6.61 Å². The zero-order chi connectivity index (χ0) is 25.7. The topological polar surface area (TPSA) is 26.3 Å². The molecule has 0 heterocycles. The van der Waals surface area contributed by atoms with E-state index in [2.05, 4.69) is 108 Å². The van der Waals surface area contributed by atoms with E-state index in [-0.39, 0.29) is 16.4 Å². The van der Waals surface area contributed by atoms with Gasteiger partial charge in [0.15, 0.2) is 5.78 Å². The third-order valence-electron chi connectivity index (χ3n) is 9.55. The van der Waals surface area contributed by atoms with Crippen LogP contribution in [-0.2, 0) is 9.22 Å². The van der Waals surface area contributed by atoms with E-state index < -0.39 is 8.32 Å². The van der Waals surface area contributed by atoms with Crippen LogP contribution in [0.1, 0.15) is 60.3 Å². The molecule has 3 heteroatoms. The summed E-state index contributed by atoms with van der Waals surface area (Å²) in [5, 5.41) is 2.59. The van der Waals surface area contributed by atoms with Crippen LogP contribution in [0.4, 0.5) is 0 Å². The predicted octanol–water partition coefficient (Wildman–Crippen LogP) is 6.71. The molecule has 0 saturated heterocycles. The maximum Gasteiger partial charge on any atom is 0.261 e. The van der Waals surface area contributed by atoms with Crippen molar-refractivity contribution in [1.82, 2.24) is 0 Å². The van der Waals surface area contributed by atoms with Gasteiger partial charge in [0.05, 0.1) is 0 Å². The number of ketones is 1. The molecule has 2 nitrogen and oxygen atoms in total. The molecule has 2 bridgehead atoms. The highest BCUT2D eigenvalue weighted by Gasteiger charge is 2.61. The second-order valence-electron chi connectivity index (χ2n) is 12.9. The van der Waals surface area contributed by atoms with E-state index in [1.807, 2.05) is 0 Å². The smallest absolute Gasteiger partial charge is 0.261 e. The summed E-state index contributed by atoms with van der Waals surface area (Å²) in [7, 11) is -2.53. The normalized spacial score (nSPS) is 27.2. The van der Waals surface area contributed by atoms with Gasteiger partial charge in [0.2, 0.25) is 0 Å². The number of rotatable bonds is 7. The lowest BCUT2D eigenvalue weighted by Gasteiger charge is -2.43. The fourth-order valence-electron chi connectivity index (χ4n) is 8.03. The van der Waals surface area contributed by atoms with Crippen LogP contribution in [-0.4, -0.2) is 20.7 Å². The van der Waals surface area contributed by atoms with Crippen LogP contribution in [0.15, 0.2) is 84.5 Å². The van der Waals surface area contributed by atoms with E-state index in [0.717, 1.165) is 24.8 Å². The van der Waals surface area contributed by atoms with Crippen LogP contribution in [0.2, 0.25) is 5.04 Å². The zero-order valence-corrected chi connectivity index (χ0v) is 23.7. The minimum absolute atomic E-state index is 0.0292. The lowest BCUT2D eigenvalue weighted by atomic mass is 9.64. The van der Waals surface area contributed by atoms with E-state index in [4.69, 9.17) is 4.43 Å². The molecular formula is C33H42O2Si. The van der Waals surface area contributed by atoms with Crippen LogP contribution < -0.4 is 10.4 Å². The lowest BCUT2D eigenvalue weighted by molar-refractivity contribution is -0.120. The quantitative estimate of drug-likeness (QED) is 0.241. The molecule has 4 atom stereocenters. The van der Waals surface area contributed by atoms with Gasteiger partial charge in [-0.05, 0) is 69.8 Å². The third kappa shape index (κ3) is 3.90. The van der Waals surface area contributed by atoms with Gasteiger partial charge in [-0.2, -0.15) is 0 Å². The molecule has 3 aliphatic carbocycles. The molecule has 0 radical (unpaired) electrons. The van der Waals surface area contributed by atoms with Gasteiger partial charge < -0.3 is 4.43 Å². The highest BCUT2D eigenvalue weighted by atomic mass is 28.4. The Hall–Kier alpha value is -2.23. The largest absolute Gasteiger partial charge is 0.407 e. The Labute approximate surface area is 219 Å². The van der Waals surface area contributed by atoms with Crippen LogP contribution >= 0.6 is 0 Å². The highest BCUT2D eigenvalue weighted by molar-refractivity contribution is 6.99. The van der Waals surface area contributed by atoms with Crippen LogP contribution in [0.25, 0.3) is 0 Å². The summed E-state index contributed by atoms with van der Waals surface area (Å²) in [6.07, 6.45) is 6.32. The molecule has 190 valence electrons. The van der Waals surface area contributed by atoms with Gasteiger partial charge >= 0.3 is 0 Å². The number of carbonyl (C=O) groups excluding carboxylic acids is 1. The number of allylic oxidation sites excluding steroid dienone is 3. The van der Waals surface area contributed by atoms with Crippen molar-refractivity contribution in [1.29, 1.82) is 0 Å². The summed E-state index contributed by atoms with van der Waals surface area (Å²) in [6, 6.07) is 21.6. The molecular weight excluding hydrogens is 456 g/mol. The number of hydrogen-bond acceptors (Lipinski definition) is 2. The number of carbonyl (C=O) groups is 1.